The Balaban J connectivity index is 1.69. The van der Waals surface area contributed by atoms with Crippen molar-refractivity contribution in [2.75, 3.05) is 19.8 Å². The van der Waals surface area contributed by atoms with Gasteiger partial charge in [-0.05, 0) is 25.3 Å². The number of ether oxygens (including phenoxy) is 2. The molecule has 2 aliphatic rings. The van der Waals surface area contributed by atoms with E-state index in [0.717, 1.165) is 0 Å². The van der Waals surface area contributed by atoms with E-state index in [1.807, 2.05) is 0 Å². The van der Waals surface area contributed by atoms with Crippen molar-refractivity contribution in [2.24, 2.45) is 5.73 Å². The van der Waals surface area contributed by atoms with Crippen LogP contribution in [0.3, 0.4) is 0 Å². The molecule has 0 aromatic heterocycles. The second-order valence-electron chi connectivity index (χ2n) is 6.32. The molecule has 24 heavy (non-hydrogen) atoms. The van der Waals surface area contributed by atoms with Gasteiger partial charge in [-0.25, -0.2) is 4.39 Å². The summed E-state index contributed by atoms with van der Waals surface area (Å²) in [7, 11) is 0. The van der Waals surface area contributed by atoms with Crippen LogP contribution in [0.4, 0.5) is 4.39 Å². The number of nitrogens with one attached hydrogen (secondary N) is 1. The number of benzene rings is 1. The number of hydrogen-bond acceptors (Lipinski definition) is 4. The summed E-state index contributed by atoms with van der Waals surface area (Å²) >= 11 is 0. The van der Waals surface area contributed by atoms with Crippen molar-refractivity contribution in [2.45, 2.75) is 36.8 Å². The van der Waals surface area contributed by atoms with Crippen LogP contribution in [-0.2, 0) is 24.5 Å². The number of carbonyl (C=O) groups excluding carboxylic acids is 2. The molecule has 0 spiro atoms. The first-order valence-electron chi connectivity index (χ1n) is 8.06. The summed E-state index contributed by atoms with van der Waals surface area (Å²) in [4.78, 5) is 23.7. The molecule has 1 saturated heterocycles. The Morgan fingerprint density at radius 1 is 1.38 bits per heavy atom. The third-order valence-corrected chi connectivity index (χ3v) is 4.62. The van der Waals surface area contributed by atoms with Crippen molar-refractivity contribution in [1.82, 2.24) is 5.32 Å². The van der Waals surface area contributed by atoms with Gasteiger partial charge >= 0.3 is 0 Å². The fourth-order valence-corrected chi connectivity index (χ4v) is 3.14. The molecule has 130 valence electrons. The molecule has 6 nitrogen and oxygen atoms in total. The Morgan fingerprint density at radius 2 is 2.12 bits per heavy atom. The van der Waals surface area contributed by atoms with Crippen LogP contribution >= 0.6 is 0 Å². The van der Waals surface area contributed by atoms with E-state index in [9.17, 15) is 14.0 Å². The van der Waals surface area contributed by atoms with Crippen LogP contribution in [0.2, 0.25) is 0 Å². The first-order chi connectivity index (χ1) is 11.5. The van der Waals surface area contributed by atoms with Gasteiger partial charge < -0.3 is 20.5 Å². The summed E-state index contributed by atoms with van der Waals surface area (Å²) in [6.45, 7) is 0.590. The van der Waals surface area contributed by atoms with E-state index in [4.69, 9.17) is 15.2 Å². The molecule has 0 unspecified atom stereocenters. The van der Waals surface area contributed by atoms with Crippen LogP contribution in [0.5, 0.6) is 0 Å². The highest BCUT2D eigenvalue weighted by molar-refractivity contribution is 5.91. The summed E-state index contributed by atoms with van der Waals surface area (Å²) in [5.41, 5.74) is 4.72. The number of rotatable bonds is 6. The lowest BCUT2D eigenvalue weighted by molar-refractivity contribution is -0.132. The van der Waals surface area contributed by atoms with Gasteiger partial charge in [0, 0.05) is 12.2 Å². The fraction of sp³-hybridized carbons (Fsp3) is 0.529. The summed E-state index contributed by atoms with van der Waals surface area (Å²) in [5, 5.41) is 2.91. The van der Waals surface area contributed by atoms with Gasteiger partial charge in [0.05, 0.1) is 24.2 Å². The van der Waals surface area contributed by atoms with Crippen molar-refractivity contribution >= 4 is 11.8 Å². The van der Waals surface area contributed by atoms with Crippen LogP contribution < -0.4 is 11.1 Å². The van der Waals surface area contributed by atoms with Crippen LogP contribution in [0.15, 0.2) is 24.3 Å². The third kappa shape index (κ3) is 3.42. The molecular formula is C17H21FN2O4. The third-order valence-electron chi connectivity index (χ3n) is 4.62. The van der Waals surface area contributed by atoms with E-state index in [1.165, 1.54) is 6.07 Å². The van der Waals surface area contributed by atoms with E-state index < -0.39 is 11.3 Å². The molecule has 0 bridgehead atoms. The van der Waals surface area contributed by atoms with Crippen LogP contribution in [-0.4, -0.2) is 43.8 Å². The van der Waals surface area contributed by atoms with Gasteiger partial charge in [-0.1, -0.05) is 18.2 Å². The monoisotopic (exact) mass is 336 g/mol. The van der Waals surface area contributed by atoms with E-state index >= 15 is 0 Å². The van der Waals surface area contributed by atoms with E-state index in [0.29, 0.717) is 38.0 Å². The van der Waals surface area contributed by atoms with Crippen LogP contribution in [0.25, 0.3) is 0 Å². The lowest BCUT2D eigenvalue weighted by Crippen LogP contribution is -2.53. The standard InChI is InChI=1S/C17H21FN2O4/c18-12-4-2-1-3-11(12)17(6-7-17)16(22)20-13-9-23-8-5-14(13)24-10-15(19)21/h1-4,13-14H,5-10H2,(H2,19,21)(H,20,22)/t13-,14+/m1/s1. The molecule has 3 N–H and O–H groups in total. The molecule has 2 fully saturated rings. The average Bonchev–Trinajstić information content (AvgIpc) is 3.36. The smallest absolute Gasteiger partial charge is 0.243 e. The number of nitrogens with two attached hydrogens (primary N) is 1. The first kappa shape index (κ1) is 16.9. The topological polar surface area (TPSA) is 90.7 Å². The Bertz CT molecular complexity index is 633. The molecule has 1 aromatic carbocycles. The zero-order valence-corrected chi connectivity index (χ0v) is 13.3. The molecule has 1 aromatic rings. The van der Waals surface area contributed by atoms with Gasteiger partial charge in [0.2, 0.25) is 11.8 Å². The lowest BCUT2D eigenvalue weighted by atomic mass is 9.93. The van der Waals surface area contributed by atoms with Crippen LogP contribution in [0, 0.1) is 5.82 Å². The summed E-state index contributed by atoms with van der Waals surface area (Å²) in [6, 6.07) is 5.98. The second-order valence-corrected chi connectivity index (χ2v) is 6.32. The number of hydrogen-bond donors (Lipinski definition) is 2. The van der Waals surface area contributed by atoms with Gasteiger partial charge in [-0.2, -0.15) is 0 Å². The predicted octanol–water partition coefficient (Wildman–Crippen LogP) is 0.633. The van der Waals surface area contributed by atoms with Crippen LogP contribution in [0.1, 0.15) is 24.8 Å². The number of halogens is 1. The minimum atomic E-state index is -0.809. The Labute approximate surface area is 139 Å². The Kier molecular flexibility index (Phi) is 4.82. The number of carbonyl (C=O) groups is 2. The largest absolute Gasteiger partial charge is 0.379 e. The molecule has 1 aliphatic carbocycles. The van der Waals surface area contributed by atoms with Crippen molar-refractivity contribution in [3.63, 3.8) is 0 Å². The average molecular weight is 336 g/mol. The summed E-state index contributed by atoms with van der Waals surface area (Å²) < 4.78 is 24.9. The minimum Gasteiger partial charge on any atom is -0.379 e. The normalized spacial score (nSPS) is 25.0. The van der Waals surface area contributed by atoms with Gasteiger partial charge in [0.15, 0.2) is 0 Å². The van der Waals surface area contributed by atoms with E-state index in [2.05, 4.69) is 5.32 Å². The number of primary amides is 1. The maximum Gasteiger partial charge on any atom is 0.243 e. The molecule has 0 radical (unpaired) electrons. The first-order valence-corrected chi connectivity index (χ1v) is 8.06. The van der Waals surface area contributed by atoms with Crippen molar-refractivity contribution in [3.05, 3.63) is 35.6 Å². The second kappa shape index (κ2) is 6.86. The summed E-state index contributed by atoms with van der Waals surface area (Å²) in [5.74, 6) is -1.15. The quantitative estimate of drug-likeness (QED) is 0.797. The molecule has 1 saturated carbocycles. The molecular weight excluding hydrogens is 315 g/mol. The van der Waals surface area contributed by atoms with E-state index in [1.54, 1.807) is 18.2 Å². The summed E-state index contributed by atoms with van der Waals surface area (Å²) in [6.07, 6.45) is 1.44. The van der Waals surface area contributed by atoms with Gasteiger partial charge in [-0.15, -0.1) is 0 Å². The maximum atomic E-state index is 14.1. The van der Waals surface area contributed by atoms with Gasteiger partial charge in [0.25, 0.3) is 0 Å². The predicted molar refractivity (Wildman–Crippen MR) is 83.6 cm³/mol. The zero-order valence-electron chi connectivity index (χ0n) is 13.3. The number of amides is 2. The highest BCUT2D eigenvalue weighted by atomic mass is 19.1. The minimum absolute atomic E-state index is 0.199. The Morgan fingerprint density at radius 3 is 2.79 bits per heavy atom. The molecule has 1 aliphatic heterocycles. The Hall–Kier alpha value is -1.99. The molecule has 2 amide bonds. The highest BCUT2D eigenvalue weighted by Crippen LogP contribution is 2.49. The molecule has 3 rings (SSSR count). The fourth-order valence-electron chi connectivity index (χ4n) is 3.14. The van der Waals surface area contributed by atoms with E-state index in [-0.39, 0.29) is 30.5 Å². The maximum absolute atomic E-state index is 14.1. The molecule has 1 heterocycles. The molecule has 7 heteroatoms. The van der Waals surface area contributed by atoms with Crippen molar-refractivity contribution in [1.29, 1.82) is 0 Å². The SMILES string of the molecule is NC(=O)CO[C@H]1CCOC[C@H]1NC(=O)C1(c2ccccc2F)CC1. The van der Waals surface area contributed by atoms with Gasteiger partial charge in [0.1, 0.15) is 12.4 Å². The van der Waals surface area contributed by atoms with Crippen molar-refractivity contribution in [3.8, 4) is 0 Å². The zero-order chi connectivity index (χ0) is 17.2. The highest BCUT2D eigenvalue weighted by Gasteiger charge is 2.53. The molecule has 2 atom stereocenters. The lowest BCUT2D eigenvalue weighted by Gasteiger charge is -2.33. The van der Waals surface area contributed by atoms with Crippen molar-refractivity contribution < 1.29 is 23.5 Å². The van der Waals surface area contributed by atoms with Gasteiger partial charge in [-0.3, -0.25) is 9.59 Å².